The van der Waals surface area contributed by atoms with Crippen LogP contribution in [0.25, 0.3) is 6.08 Å². The SMILES string of the molecule is CC(=Cc1ccccc1)C=C1SC(=S)N(C(CCC(=O)O)C(=O)O)C1=O. The topological polar surface area (TPSA) is 94.9 Å². The maximum Gasteiger partial charge on any atom is 0.326 e. The number of benzene rings is 1. The zero-order chi connectivity index (χ0) is 19.3. The van der Waals surface area contributed by atoms with Crippen LogP contribution in [0.2, 0.25) is 0 Å². The molecule has 1 aliphatic rings. The summed E-state index contributed by atoms with van der Waals surface area (Å²) in [5, 5.41) is 18.1. The van der Waals surface area contributed by atoms with Crippen molar-refractivity contribution in [3.63, 3.8) is 0 Å². The van der Waals surface area contributed by atoms with Crippen LogP contribution in [0.3, 0.4) is 0 Å². The highest BCUT2D eigenvalue weighted by molar-refractivity contribution is 8.26. The van der Waals surface area contributed by atoms with Crippen molar-refractivity contribution in [1.29, 1.82) is 0 Å². The average Bonchev–Trinajstić information content (AvgIpc) is 2.83. The number of amides is 1. The average molecular weight is 391 g/mol. The zero-order valence-electron chi connectivity index (χ0n) is 13.9. The first-order valence-electron chi connectivity index (χ1n) is 7.74. The zero-order valence-corrected chi connectivity index (χ0v) is 15.5. The molecule has 0 saturated carbocycles. The van der Waals surface area contributed by atoms with Gasteiger partial charge in [-0.2, -0.15) is 0 Å². The number of hydrogen-bond donors (Lipinski definition) is 2. The van der Waals surface area contributed by atoms with Gasteiger partial charge in [0.05, 0.1) is 4.91 Å². The third kappa shape index (κ3) is 5.03. The van der Waals surface area contributed by atoms with Crippen molar-refractivity contribution < 1.29 is 24.6 Å². The fourth-order valence-electron chi connectivity index (χ4n) is 2.43. The molecule has 136 valence electrons. The number of hydrogen-bond acceptors (Lipinski definition) is 5. The summed E-state index contributed by atoms with van der Waals surface area (Å²) in [6.45, 7) is 1.83. The maximum absolute atomic E-state index is 12.6. The number of thioether (sulfide) groups is 1. The molecule has 1 fully saturated rings. The fourth-order valence-corrected chi connectivity index (χ4v) is 3.84. The summed E-state index contributed by atoms with van der Waals surface area (Å²) in [6, 6.07) is 8.27. The van der Waals surface area contributed by atoms with E-state index in [4.69, 9.17) is 17.3 Å². The second kappa shape index (κ2) is 8.77. The molecule has 8 heteroatoms. The van der Waals surface area contributed by atoms with Crippen molar-refractivity contribution in [2.45, 2.75) is 25.8 Å². The first kappa shape index (κ1) is 19.9. The van der Waals surface area contributed by atoms with Gasteiger partial charge >= 0.3 is 11.9 Å². The largest absolute Gasteiger partial charge is 0.481 e. The van der Waals surface area contributed by atoms with E-state index in [0.29, 0.717) is 4.91 Å². The Hall–Kier alpha value is -2.45. The first-order valence-corrected chi connectivity index (χ1v) is 8.97. The monoisotopic (exact) mass is 391 g/mol. The van der Waals surface area contributed by atoms with Crippen molar-refractivity contribution in [2.75, 3.05) is 0 Å². The number of carbonyl (C=O) groups excluding carboxylic acids is 1. The standard InChI is InChI=1S/C18H17NO5S2/c1-11(9-12-5-3-2-4-6-12)10-14-16(22)19(18(25)26-14)13(17(23)24)7-8-15(20)21/h2-6,9-10,13H,7-8H2,1H3,(H,20,21)(H,23,24). The highest BCUT2D eigenvalue weighted by Gasteiger charge is 2.40. The van der Waals surface area contributed by atoms with Crippen LogP contribution in [0.15, 0.2) is 46.9 Å². The lowest BCUT2D eigenvalue weighted by molar-refractivity contribution is -0.146. The van der Waals surface area contributed by atoms with Gasteiger partial charge in [0, 0.05) is 6.42 Å². The van der Waals surface area contributed by atoms with Crippen LogP contribution in [0.5, 0.6) is 0 Å². The summed E-state index contributed by atoms with van der Waals surface area (Å²) >= 11 is 6.17. The van der Waals surface area contributed by atoms with Crippen LogP contribution in [-0.4, -0.2) is 43.3 Å². The van der Waals surface area contributed by atoms with E-state index in [2.05, 4.69) is 0 Å². The Labute approximate surface area is 160 Å². The molecule has 1 aromatic carbocycles. The number of aliphatic carboxylic acids is 2. The third-order valence-electron chi connectivity index (χ3n) is 3.60. The van der Waals surface area contributed by atoms with Crippen molar-refractivity contribution in [1.82, 2.24) is 4.90 Å². The fraction of sp³-hybridized carbons (Fsp3) is 0.222. The number of thiocarbonyl (C=S) groups is 1. The van der Waals surface area contributed by atoms with Crippen LogP contribution in [0.1, 0.15) is 25.3 Å². The minimum atomic E-state index is -1.29. The van der Waals surface area contributed by atoms with Gasteiger partial charge in [-0.3, -0.25) is 14.5 Å². The van der Waals surface area contributed by atoms with Gasteiger partial charge in [-0.1, -0.05) is 60.4 Å². The Morgan fingerprint density at radius 2 is 1.92 bits per heavy atom. The van der Waals surface area contributed by atoms with Gasteiger partial charge in [-0.25, -0.2) is 4.79 Å². The molecule has 1 saturated heterocycles. The van der Waals surface area contributed by atoms with Gasteiger partial charge in [0.2, 0.25) is 0 Å². The molecule has 0 aromatic heterocycles. The molecule has 1 aromatic rings. The minimum Gasteiger partial charge on any atom is -0.481 e. The van der Waals surface area contributed by atoms with Crippen molar-refractivity contribution in [3.8, 4) is 0 Å². The molecule has 1 amide bonds. The molecule has 1 unspecified atom stereocenters. The number of carboxylic acid groups (broad SMARTS) is 2. The molecule has 1 heterocycles. The molecule has 0 bridgehead atoms. The van der Waals surface area contributed by atoms with Gasteiger partial charge in [0.15, 0.2) is 0 Å². The lowest BCUT2D eigenvalue weighted by atomic mass is 10.1. The molecule has 0 spiro atoms. The quantitative estimate of drug-likeness (QED) is 0.544. The van der Waals surface area contributed by atoms with Crippen LogP contribution < -0.4 is 0 Å². The van der Waals surface area contributed by atoms with E-state index in [1.54, 1.807) is 6.08 Å². The highest BCUT2D eigenvalue weighted by atomic mass is 32.2. The number of rotatable bonds is 7. The minimum absolute atomic E-state index is 0.117. The predicted octanol–water partition coefficient (Wildman–Crippen LogP) is 3.15. The molecular formula is C18H17NO5S2. The van der Waals surface area contributed by atoms with E-state index in [-0.39, 0.29) is 17.2 Å². The molecule has 26 heavy (non-hydrogen) atoms. The molecule has 0 radical (unpaired) electrons. The number of carbonyl (C=O) groups is 3. The van der Waals surface area contributed by atoms with Crippen LogP contribution in [0.4, 0.5) is 0 Å². The highest BCUT2D eigenvalue weighted by Crippen LogP contribution is 2.34. The van der Waals surface area contributed by atoms with E-state index < -0.39 is 23.9 Å². The lowest BCUT2D eigenvalue weighted by Gasteiger charge is -2.22. The predicted molar refractivity (Wildman–Crippen MR) is 104 cm³/mol. The van der Waals surface area contributed by atoms with E-state index in [0.717, 1.165) is 27.8 Å². The van der Waals surface area contributed by atoms with Gasteiger partial charge in [0.25, 0.3) is 5.91 Å². The third-order valence-corrected chi connectivity index (χ3v) is 4.93. The van der Waals surface area contributed by atoms with Gasteiger partial charge in [0.1, 0.15) is 10.4 Å². The Bertz CT molecular complexity index is 801. The summed E-state index contributed by atoms with van der Waals surface area (Å²) in [4.78, 5) is 36.1. The second-order valence-electron chi connectivity index (χ2n) is 5.64. The molecule has 2 N–H and O–H groups in total. The molecular weight excluding hydrogens is 374 g/mol. The first-order chi connectivity index (χ1) is 12.3. The Morgan fingerprint density at radius 3 is 2.50 bits per heavy atom. The molecule has 0 aliphatic carbocycles. The Morgan fingerprint density at radius 1 is 1.27 bits per heavy atom. The molecule has 6 nitrogen and oxygen atoms in total. The van der Waals surface area contributed by atoms with E-state index >= 15 is 0 Å². The number of nitrogens with zero attached hydrogens (tertiary/aromatic N) is 1. The van der Waals surface area contributed by atoms with Crippen molar-refractivity contribution in [2.24, 2.45) is 0 Å². The summed E-state index contributed by atoms with van der Waals surface area (Å²) in [5.74, 6) is -2.92. The summed E-state index contributed by atoms with van der Waals surface area (Å²) in [7, 11) is 0. The van der Waals surface area contributed by atoms with Crippen LogP contribution in [-0.2, 0) is 14.4 Å². The van der Waals surface area contributed by atoms with Crippen LogP contribution >= 0.6 is 24.0 Å². The summed E-state index contributed by atoms with van der Waals surface area (Å²) in [6.07, 6.45) is 2.98. The van der Waals surface area contributed by atoms with E-state index in [1.807, 2.05) is 43.3 Å². The number of allylic oxidation sites excluding steroid dienone is 2. The van der Waals surface area contributed by atoms with Gasteiger partial charge < -0.3 is 10.2 Å². The Kier molecular flexibility index (Phi) is 6.70. The van der Waals surface area contributed by atoms with Gasteiger partial charge in [-0.15, -0.1) is 0 Å². The lowest BCUT2D eigenvalue weighted by Crippen LogP contribution is -2.44. The van der Waals surface area contributed by atoms with Crippen LogP contribution in [0, 0.1) is 0 Å². The van der Waals surface area contributed by atoms with Gasteiger partial charge in [-0.05, 0) is 30.6 Å². The molecule has 2 rings (SSSR count). The number of carboxylic acids is 2. The normalized spacial score (nSPS) is 17.7. The van der Waals surface area contributed by atoms with Crippen molar-refractivity contribution in [3.05, 3.63) is 52.4 Å². The summed E-state index contributed by atoms with van der Waals surface area (Å²) in [5.41, 5.74) is 1.79. The molecule has 1 aliphatic heterocycles. The van der Waals surface area contributed by atoms with E-state index in [9.17, 15) is 19.5 Å². The Balaban J connectivity index is 2.22. The summed E-state index contributed by atoms with van der Waals surface area (Å²) < 4.78 is 0.117. The molecule has 1 atom stereocenters. The second-order valence-corrected chi connectivity index (χ2v) is 7.31. The van der Waals surface area contributed by atoms with E-state index in [1.165, 1.54) is 0 Å². The van der Waals surface area contributed by atoms with Crippen molar-refractivity contribution >= 4 is 52.2 Å². The maximum atomic E-state index is 12.6. The smallest absolute Gasteiger partial charge is 0.326 e.